The minimum atomic E-state index is -0.874. The number of carboxylic acids is 1. The third kappa shape index (κ3) is 2.32. The molecular weight excluding hydrogens is 206 g/mol. The molecule has 1 aliphatic carbocycles. The van der Waals surface area contributed by atoms with Crippen LogP contribution in [0.1, 0.15) is 43.0 Å². The fourth-order valence-corrected chi connectivity index (χ4v) is 1.91. The third-order valence-corrected chi connectivity index (χ3v) is 2.78. The van der Waals surface area contributed by atoms with Crippen molar-refractivity contribution in [1.29, 1.82) is 0 Å². The maximum atomic E-state index is 10.6. The van der Waals surface area contributed by atoms with Gasteiger partial charge in [-0.1, -0.05) is 6.08 Å². The second-order valence-corrected chi connectivity index (χ2v) is 4.07. The Morgan fingerprint density at radius 1 is 1.56 bits per heavy atom. The van der Waals surface area contributed by atoms with Crippen LogP contribution in [0.3, 0.4) is 0 Å². The summed E-state index contributed by atoms with van der Waals surface area (Å²) in [4.78, 5) is 14.9. The molecule has 4 nitrogen and oxygen atoms in total. The Bertz CT molecular complexity index is 431. The monoisotopic (exact) mass is 221 g/mol. The van der Waals surface area contributed by atoms with Gasteiger partial charge in [0.25, 0.3) is 0 Å². The second-order valence-electron chi connectivity index (χ2n) is 4.07. The summed E-state index contributed by atoms with van der Waals surface area (Å²) in [5.41, 5.74) is 1.65. The van der Waals surface area contributed by atoms with E-state index in [1.165, 1.54) is 6.42 Å². The van der Waals surface area contributed by atoms with Crippen molar-refractivity contribution in [2.24, 2.45) is 0 Å². The Labute approximate surface area is 94.0 Å². The topological polar surface area (TPSA) is 63.3 Å². The Morgan fingerprint density at radius 3 is 3.00 bits per heavy atom. The lowest BCUT2D eigenvalue weighted by atomic mass is 10.00. The van der Waals surface area contributed by atoms with Crippen molar-refractivity contribution in [2.45, 2.75) is 39.0 Å². The number of hydrogen-bond acceptors (Lipinski definition) is 3. The fraction of sp³-hybridized carbons (Fsp3) is 0.500. The lowest BCUT2D eigenvalue weighted by molar-refractivity contribution is -0.136. The molecule has 1 aromatic heterocycles. The maximum absolute atomic E-state index is 10.6. The minimum Gasteiger partial charge on any atom is -0.481 e. The van der Waals surface area contributed by atoms with Crippen molar-refractivity contribution >= 4 is 11.5 Å². The number of hydrogen-bond donors (Lipinski definition) is 1. The molecule has 0 fully saturated rings. The smallest absolute Gasteiger partial charge is 0.309 e. The Morgan fingerprint density at radius 2 is 2.38 bits per heavy atom. The van der Waals surface area contributed by atoms with E-state index >= 15 is 0 Å². The maximum Gasteiger partial charge on any atom is 0.309 e. The molecule has 16 heavy (non-hydrogen) atoms. The number of rotatable bonds is 3. The van der Waals surface area contributed by atoms with Gasteiger partial charge in [0, 0.05) is 5.57 Å². The van der Waals surface area contributed by atoms with E-state index in [0.29, 0.717) is 17.3 Å². The normalized spacial score (nSPS) is 15.9. The first-order valence-electron chi connectivity index (χ1n) is 5.54. The molecule has 1 aromatic rings. The molecule has 1 heterocycles. The predicted octanol–water partition coefficient (Wildman–Crippen LogP) is 2.57. The van der Waals surface area contributed by atoms with Gasteiger partial charge in [0.1, 0.15) is 5.76 Å². The molecule has 4 heteroatoms. The van der Waals surface area contributed by atoms with Crippen molar-refractivity contribution in [3.05, 3.63) is 23.4 Å². The number of aliphatic carboxylic acids is 1. The first-order chi connectivity index (χ1) is 7.66. The zero-order chi connectivity index (χ0) is 11.5. The van der Waals surface area contributed by atoms with E-state index in [9.17, 15) is 4.79 Å². The van der Waals surface area contributed by atoms with E-state index in [-0.39, 0.29) is 6.42 Å². The molecule has 0 atom stereocenters. The molecule has 0 aliphatic heterocycles. The molecule has 0 bridgehead atoms. The highest BCUT2D eigenvalue weighted by atomic mass is 16.4. The number of aryl methyl sites for hydroxylation is 1. The van der Waals surface area contributed by atoms with Crippen LogP contribution in [0.5, 0.6) is 0 Å². The number of carboxylic acid groups (broad SMARTS) is 1. The van der Waals surface area contributed by atoms with Gasteiger partial charge in [0.05, 0.1) is 12.1 Å². The molecule has 0 unspecified atom stereocenters. The average Bonchev–Trinajstić information content (AvgIpc) is 2.61. The van der Waals surface area contributed by atoms with Gasteiger partial charge in [0.15, 0.2) is 0 Å². The highest BCUT2D eigenvalue weighted by Crippen LogP contribution is 2.27. The van der Waals surface area contributed by atoms with Crippen LogP contribution in [0.2, 0.25) is 0 Å². The zero-order valence-electron chi connectivity index (χ0n) is 9.32. The highest BCUT2D eigenvalue weighted by Gasteiger charge is 2.16. The predicted molar refractivity (Wildman–Crippen MR) is 59.0 cm³/mol. The molecule has 0 aromatic carbocycles. The van der Waals surface area contributed by atoms with E-state index in [1.54, 1.807) is 6.92 Å². The van der Waals surface area contributed by atoms with Crippen LogP contribution >= 0.6 is 0 Å². The van der Waals surface area contributed by atoms with Gasteiger partial charge in [-0.2, -0.15) is 0 Å². The van der Waals surface area contributed by atoms with Gasteiger partial charge >= 0.3 is 5.97 Å². The molecular formula is C12H15NO3. The van der Waals surface area contributed by atoms with Crippen molar-refractivity contribution in [1.82, 2.24) is 4.98 Å². The average molecular weight is 221 g/mol. The van der Waals surface area contributed by atoms with Crippen molar-refractivity contribution < 1.29 is 14.3 Å². The van der Waals surface area contributed by atoms with Gasteiger partial charge in [-0.05, 0) is 32.6 Å². The highest BCUT2D eigenvalue weighted by molar-refractivity contribution is 5.70. The Balaban J connectivity index is 2.22. The van der Waals surface area contributed by atoms with Crippen molar-refractivity contribution in [2.75, 3.05) is 0 Å². The fourth-order valence-electron chi connectivity index (χ4n) is 1.91. The van der Waals surface area contributed by atoms with Crippen LogP contribution in [0.15, 0.2) is 10.5 Å². The molecule has 2 rings (SSSR count). The SMILES string of the molecule is Cc1oc(C2=CCCCC2)nc1CC(=O)O. The Kier molecular flexibility index (Phi) is 3.08. The van der Waals surface area contributed by atoms with Gasteiger partial charge in [-0.3, -0.25) is 4.79 Å². The van der Waals surface area contributed by atoms with E-state index in [0.717, 1.165) is 24.8 Å². The number of carbonyl (C=O) groups is 1. The summed E-state index contributed by atoms with van der Waals surface area (Å²) < 4.78 is 5.51. The molecule has 1 N–H and O–H groups in total. The molecule has 0 amide bonds. The first kappa shape index (κ1) is 10.9. The van der Waals surface area contributed by atoms with E-state index < -0.39 is 5.97 Å². The van der Waals surface area contributed by atoms with E-state index in [2.05, 4.69) is 11.1 Å². The van der Waals surface area contributed by atoms with Crippen LogP contribution in [0.25, 0.3) is 5.57 Å². The standard InChI is InChI=1S/C12H15NO3/c1-8-10(7-11(14)15)13-12(16-8)9-5-3-2-4-6-9/h5H,2-4,6-7H2,1H3,(H,14,15). The lowest BCUT2D eigenvalue weighted by Gasteiger charge is -2.08. The van der Waals surface area contributed by atoms with E-state index in [4.69, 9.17) is 9.52 Å². The number of oxazole rings is 1. The van der Waals surface area contributed by atoms with Crippen LogP contribution in [0, 0.1) is 6.92 Å². The van der Waals surface area contributed by atoms with Crippen molar-refractivity contribution in [3.8, 4) is 0 Å². The summed E-state index contributed by atoms with van der Waals surface area (Å²) >= 11 is 0. The van der Waals surface area contributed by atoms with Gasteiger partial charge in [0.2, 0.25) is 5.89 Å². The number of nitrogens with zero attached hydrogens (tertiary/aromatic N) is 1. The van der Waals surface area contributed by atoms with Crippen LogP contribution < -0.4 is 0 Å². The molecule has 0 saturated heterocycles. The molecule has 0 radical (unpaired) electrons. The Hall–Kier alpha value is -1.58. The van der Waals surface area contributed by atoms with Crippen LogP contribution in [0.4, 0.5) is 0 Å². The molecule has 0 spiro atoms. The van der Waals surface area contributed by atoms with Gasteiger partial charge < -0.3 is 9.52 Å². The van der Waals surface area contributed by atoms with Gasteiger partial charge in [-0.15, -0.1) is 0 Å². The van der Waals surface area contributed by atoms with Crippen LogP contribution in [-0.2, 0) is 11.2 Å². The summed E-state index contributed by atoms with van der Waals surface area (Å²) in [6.07, 6.45) is 6.48. The summed E-state index contributed by atoms with van der Waals surface area (Å²) in [5, 5.41) is 8.71. The molecule has 0 saturated carbocycles. The molecule has 1 aliphatic rings. The largest absolute Gasteiger partial charge is 0.481 e. The zero-order valence-corrected chi connectivity index (χ0v) is 9.32. The quantitative estimate of drug-likeness (QED) is 0.852. The summed E-state index contributed by atoms with van der Waals surface area (Å²) in [7, 11) is 0. The summed E-state index contributed by atoms with van der Waals surface area (Å²) in [5.74, 6) is 0.345. The summed E-state index contributed by atoms with van der Waals surface area (Å²) in [6, 6.07) is 0. The first-order valence-corrected chi connectivity index (χ1v) is 5.54. The lowest BCUT2D eigenvalue weighted by Crippen LogP contribution is -2.02. The van der Waals surface area contributed by atoms with Crippen molar-refractivity contribution in [3.63, 3.8) is 0 Å². The minimum absolute atomic E-state index is 0.0669. The van der Waals surface area contributed by atoms with Gasteiger partial charge in [-0.25, -0.2) is 4.98 Å². The second kappa shape index (κ2) is 4.51. The number of aromatic nitrogens is 1. The third-order valence-electron chi connectivity index (χ3n) is 2.78. The number of allylic oxidation sites excluding steroid dienone is 2. The van der Waals surface area contributed by atoms with Crippen LogP contribution in [-0.4, -0.2) is 16.1 Å². The van der Waals surface area contributed by atoms with E-state index in [1.807, 2.05) is 0 Å². The molecule has 86 valence electrons. The summed E-state index contributed by atoms with van der Waals surface area (Å²) in [6.45, 7) is 1.76.